The van der Waals surface area contributed by atoms with Gasteiger partial charge in [-0.15, -0.1) is 0 Å². The first-order valence-electron chi connectivity index (χ1n) is 5.55. The molecular formula is C13H15N3S. The number of rotatable bonds is 5. The Morgan fingerprint density at radius 2 is 1.82 bits per heavy atom. The SMILES string of the molecule is Cc1ccc(NCCSc2ncccn2)cc1. The highest BCUT2D eigenvalue weighted by Gasteiger charge is 1.95. The van der Waals surface area contributed by atoms with E-state index in [-0.39, 0.29) is 0 Å². The first kappa shape index (κ1) is 11.9. The lowest BCUT2D eigenvalue weighted by Crippen LogP contribution is -2.04. The van der Waals surface area contributed by atoms with Crippen molar-refractivity contribution in [2.45, 2.75) is 12.1 Å². The Balaban J connectivity index is 1.71. The predicted molar refractivity (Wildman–Crippen MR) is 72.4 cm³/mol. The maximum atomic E-state index is 4.16. The second-order valence-electron chi connectivity index (χ2n) is 3.67. The molecular weight excluding hydrogens is 230 g/mol. The molecule has 1 aromatic carbocycles. The molecule has 0 amide bonds. The van der Waals surface area contributed by atoms with Crippen molar-refractivity contribution < 1.29 is 0 Å². The van der Waals surface area contributed by atoms with Crippen molar-refractivity contribution >= 4 is 17.4 Å². The zero-order chi connectivity index (χ0) is 11.9. The molecule has 17 heavy (non-hydrogen) atoms. The van der Waals surface area contributed by atoms with Crippen LogP contribution in [0.4, 0.5) is 5.69 Å². The highest BCUT2D eigenvalue weighted by Crippen LogP contribution is 2.12. The van der Waals surface area contributed by atoms with Gasteiger partial charge in [0.15, 0.2) is 5.16 Å². The smallest absolute Gasteiger partial charge is 0.187 e. The Morgan fingerprint density at radius 3 is 2.53 bits per heavy atom. The van der Waals surface area contributed by atoms with E-state index in [1.165, 1.54) is 5.56 Å². The number of aromatic nitrogens is 2. The summed E-state index contributed by atoms with van der Waals surface area (Å²) in [6.45, 7) is 3.00. The molecule has 0 spiro atoms. The van der Waals surface area contributed by atoms with E-state index >= 15 is 0 Å². The van der Waals surface area contributed by atoms with Crippen LogP contribution in [0.25, 0.3) is 0 Å². The maximum absolute atomic E-state index is 4.16. The van der Waals surface area contributed by atoms with Crippen molar-refractivity contribution in [2.24, 2.45) is 0 Å². The minimum atomic E-state index is 0.832. The van der Waals surface area contributed by atoms with Crippen molar-refractivity contribution in [2.75, 3.05) is 17.6 Å². The van der Waals surface area contributed by atoms with Gasteiger partial charge in [0.25, 0.3) is 0 Å². The van der Waals surface area contributed by atoms with Crippen LogP contribution in [0.5, 0.6) is 0 Å². The van der Waals surface area contributed by atoms with Crippen molar-refractivity contribution in [1.82, 2.24) is 9.97 Å². The Bertz CT molecular complexity index is 442. The van der Waals surface area contributed by atoms with Gasteiger partial charge in [0.1, 0.15) is 0 Å². The number of hydrogen-bond acceptors (Lipinski definition) is 4. The number of hydrogen-bond donors (Lipinski definition) is 1. The summed E-state index contributed by atoms with van der Waals surface area (Å²) in [7, 11) is 0. The van der Waals surface area contributed by atoms with E-state index < -0.39 is 0 Å². The van der Waals surface area contributed by atoms with Crippen molar-refractivity contribution in [1.29, 1.82) is 0 Å². The van der Waals surface area contributed by atoms with Crippen LogP contribution in [-0.4, -0.2) is 22.3 Å². The van der Waals surface area contributed by atoms with E-state index in [4.69, 9.17) is 0 Å². The van der Waals surface area contributed by atoms with E-state index in [1.54, 1.807) is 24.2 Å². The van der Waals surface area contributed by atoms with Gasteiger partial charge in [0.2, 0.25) is 0 Å². The number of aryl methyl sites for hydroxylation is 1. The molecule has 0 unspecified atom stereocenters. The maximum Gasteiger partial charge on any atom is 0.187 e. The Labute approximate surface area is 106 Å². The topological polar surface area (TPSA) is 37.8 Å². The Hall–Kier alpha value is -1.55. The van der Waals surface area contributed by atoms with Gasteiger partial charge in [-0.25, -0.2) is 9.97 Å². The molecule has 1 aromatic heterocycles. The zero-order valence-electron chi connectivity index (χ0n) is 9.76. The van der Waals surface area contributed by atoms with Gasteiger partial charge in [0, 0.05) is 30.4 Å². The summed E-state index contributed by atoms with van der Waals surface area (Å²) in [5.41, 5.74) is 2.44. The molecule has 0 aliphatic rings. The Morgan fingerprint density at radius 1 is 1.12 bits per heavy atom. The molecule has 1 heterocycles. The van der Waals surface area contributed by atoms with Crippen molar-refractivity contribution in [3.63, 3.8) is 0 Å². The summed E-state index contributed by atoms with van der Waals surface area (Å²) >= 11 is 1.66. The lowest BCUT2D eigenvalue weighted by atomic mass is 10.2. The standard InChI is InChI=1S/C13H15N3S/c1-11-3-5-12(6-4-11)14-9-10-17-13-15-7-2-8-16-13/h2-8,14H,9-10H2,1H3. The van der Waals surface area contributed by atoms with Gasteiger partial charge in [-0.1, -0.05) is 29.5 Å². The molecule has 2 aromatic rings. The molecule has 2 rings (SSSR count). The van der Waals surface area contributed by atoms with E-state index in [0.29, 0.717) is 0 Å². The molecule has 4 heteroatoms. The van der Waals surface area contributed by atoms with Gasteiger partial charge in [-0.05, 0) is 25.1 Å². The molecule has 1 N–H and O–H groups in total. The molecule has 0 aliphatic heterocycles. The molecule has 88 valence electrons. The summed E-state index contributed by atoms with van der Waals surface area (Å²) in [4.78, 5) is 8.32. The monoisotopic (exact) mass is 245 g/mol. The highest BCUT2D eigenvalue weighted by molar-refractivity contribution is 7.99. The molecule has 0 atom stereocenters. The molecule has 0 bridgehead atoms. The van der Waals surface area contributed by atoms with Crippen LogP contribution >= 0.6 is 11.8 Å². The third kappa shape index (κ3) is 4.07. The highest BCUT2D eigenvalue weighted by atomic mass is 32.2. The van der Waals surface area contributed by atoms with Gasteiger partial charge in [-0.3, -0.25) is 0 Å². The van der Waals surface area contributed by atoms with Gasteiger partial charge < -0.3 is 5.32 Å². The lowest BCUT2D eigenvalue weighted by Gasteiger charge is -2.05. The minimum Gasteiger partial charge on any atom is -0.384 e. The van der Waals surface area contributed by atoms with E-state index in [2.05, 4.69) is 46.5 Å². The third-order valence-corrected chi connectivity index (χ3v) is 3.13. The van der Waals surface area contributed by atoms with Crippen molar-refractivity contribution in [3.05, 3.63) is 48.3 Å². The van der Waals surface area contributed by atoms with Crippen LogP contribution in [0.15, 0.2) is 47.9 Å². The fraction of sp³-hybridized carbons (Fsp3) is 0.231. The van der Waals surface area contributed by atoms with E-state index in [9.17, 15) is 0 Å². The molecule has 0 saturated carbocycles. The lowest BCUT2D eigenvalue weighted by molar-refractivity contribution is 0.966. The summed E-state index contributed by atoms with van der Waals surface area (Å²) in [6.07, 6.45) is 3.53. The van der Waals surface area contributed by atoms with Crippen molar-refractivity contribution in [3.8, 4) is 0 Å². The molecule has 0 aliphatic carbocycles. The van der Waals surface area contributed by atoms with Crippen LogP contribution < -0.4 is 5.32 Å². The van der Waals surface area contributed by atoms with Crippen LogP contribution in [0.3, 0.4) is 0 Å². The number of anilines is 1. The number of thioether (sulfide) groups is 1. The summed E-state index contributed by atoms with van der Waals surface area (Å²) in [5, 5.41) is 4.20. The zero-order valence-corrected chi connectivity index (χ0v) is 10.6. The molecule has 0 saturated heterocycles. The summed E-state index contributed by atoms with van der Waals surface area (Å²) < 4.78 is 0. The van der Waals surface area contributed by atoms with E-state index in [0.717, 1.165) is 23.1 Å². The van der Waals surface area contributed by atoms with Crippen LogP contribution in [-0.2, 0) is 0 Å². The number of nitrogens with one attached hydrogen (secondary N) is 1. The van der Waals surface area contributed by atoms with Crippen LogP contribution in [0.1, 0.15) is 5.56 Å². The van der Waals surface area contributed by atoms with E-state index in [1.807, 2.05) is 6.07 Å². The first-order valence-corrected chi connectivity index (χ1v) is 6.53. The largest absolute Gasteiger partial charge is 0.384 e. The third-order valence-electron chi connectivity index (χ3n) is 2.26. The fourth-order valence-corrected chi connectivity index (χ4v) is 2.03. The average Bonchev–Trinajstić information content (AvgIpc) is 2.38. The molecule has 0 radical (unpaired) electrons. The number of nitrogens with zero attached hydrogens (tertiary/aromatic N) is 2. The minimum absolute atomic E-state index is 0.832. The average molecular weight is 245 g/mol. The summed E-state index contributed by atoms with van der Waals surface area (Å²) in [5.74, 6) is 0.956. The first-order chi connectivity index (χ1) is 8.34. The molecule has 0 fully saturated rings. The molecule has 3 nitrogen and oxygen atoms in total. The van der Waals surface area contributed by atoms with Gasteiger partial charge in [0.05, 0.1) is 0 Å². The van der Waals surface area contributed by atoms with Gasteiger partial charge >= 0.3 is 0 Å². The second kappa shape index (κ2) is 6.25. The normalized spacial score (nSPS) is 10.2. The second-order valence-corrected chi connectivity index (χ2v) is 4.73. The summed E-state index contributed by atoms with van der Waals surface area (Å²) in [6, 6.07) is 10.2. The van der Waals surface area contributed by atoms with Gasteiger partial charge in [-0.2, -0.15) is 0 Å². The van der Waals surface area contributed by atoms with Crippen LogP contribution in [0, 0.1) is 6.92 Å². The quantitative estimate of drug-likeness (QED) is 0.499. The number of benzene rings is 1. The Kier molecular flexibility index (Phi) is 4.38. The predicted octanol–water partition coefficient (Wildman–Crippen LogP) is 2.99. The fourth-order valence-electron chi connectivity index (χ4n) is 1.37. The van der Waals surface area contributed by atoms with Crippen LogP contribution in [0.2, 0.25) is 0 Å².